The largest absolute Gasteiger partial charge is 0.484 e. The van der Waals surface area contributed by atoms with E-state index in [-0.39, 0.29) is 49.0 Å². The van der Waals surface area contributed by atoms with Gasteiger partial charge in [0.15, 0.2) is 11.6 Å². The summed E-state index contributed by atoms with van der Waals surface area (Å²) in [5, 5.41) is 5.87. The molecule has 2 N–H and O–H groups in total. The molecule has 1 unspecified atom stereocenters. The number of nitrogens with one attached hydrogen (secondary N) is 2. The molecule has 0 saturated carbocycles. The topological polar surface area (TPSA) is 63.2 Å². The summed E-state index contributed by atoms with van der Waals surface area (Å²) in [7, 11) is 0. The predicted octanol–water partition coefficient (Wildman–Crippen LogP) is 3.19. The van der Waals surface area contributed by atoms with Crippen molar-refractivity contribution in [1.82, 2.24) is 10.3 Å². The average Bonchev–Trinajstić information content (AvgIpc) is 3.10. The highest BCUT2D eigenvalue weighted by atomic mass is 35.5. The van der Waals surface area contributed by atoms with Crippen LogP contribution < -0.4 is 15.4 Å². The van der Waals surface area contributed by atoms with E-state index in [1.165, 1.54) is 12.1 Å². The molecule has 2 aromatic rings. The van der Waals surface area contributed by atoms with Crippen LogP contribution in [0.4, 0.5) is 10.1 Å². The lowest BCUT2D eigenvalue weighted by atomic mass is 10.1. The number of ether oxygens (including phenoxy) is 1. The Morgan fingerprint density at radius 3 is 2.80 bits per heavy atom. The molecule has 8 heteroatoms. The molecular formula is C17H20Cl2FN3O2. The molecule has 1 fully saturated rings. The predicted molar refractivity (Wildman–Crippen MR) is 99.1 cm³/mol. The number of carbonyl (C=O) groups is 1. The first kappa shape index (κ1) is 21.2. The number of hydrogen-bond donors (Lipinski definition) is 2. The standard InChI is InChI=1S/C17H18FN3O2.2ClH/c18-15-9-13(21-17(22)12-6-8-19-10-12)4-5-16(15)23-11-14-3-1-2-7-20-14;;/h1-5,7,9,12,19H,6,8,10-11H2,(H,21,22);2*1H. The van der Waals surface area contributed by atoms with Crippen LogP contribution in [0.1, 0.15) is 12.1 Å². The molecule has 1 aromatic heterocycles. The molecule has 1 amide bonds. The zero-order valence-electron chi connectivity index (χ0n) is 13.4. The third-order valence-corrected chi connectivity index (χ3v) is 3.73. The Kier molecular flexibility index (Phi) is 8.61. The Morgan fingerprint density at radius 1 is 1.32 bits per heavy atom. The summed E-state index contributed by atoms with van der Waals surface area (Å²) in [4.78, 5) is 16.1. The first-order valence-electron chi connectivity index (χ1n) is 7.56. The van der Waals surface area contributed by atoms with E-state index < -0.39 is 5.82 Å². The SMILES string of the molecule is Cl.Cl.O=C(Nc1ccc(OCc2ccccn2)c(F)c1)C1CCNC1. The third kappa shape index (κ3) is 5.85. The summed E-state index contributed by atoms with van der Waals surface area (Å²) in [6, 6.07) is 9.88. The molecule has 3 rings (SSSR count). The minimum atomic E-state index is -0.511. The van der Waals surface area contributed by atoms with Crippen molar-refractivity contribution in [3.63, 3.8) is 0 Å². The molecule has 0 spiro atoms. The molecule has 0 aliphatic carbocycles. The zero-order valence-corrected chi connectivity index (χ0v) is 15.0. The van der Waals surface area contributed by atoms with Crippen molar-refractivity contribution in [2.24, 2.45) is 5.92 Å². The fourth-order valence-electron chi connectivity index (χ4n) is 2.45. The van der Waals surface area contributed by atoms with Crippen LogP contribution in [0.15, 0.2) is 42.6 Å². The molecule has 1 aromatic carbocycles. The number of halogens is 3. The minimum absolute atomic E-state index is 0. The number of nitrogens with zero attached hydrogens (tertiary/aromatic N) is 1. The van der Waals surface area contributed by atoms with Crippen molar-refractivity contribution < 1.29 is 13.9 Å². The van der Waals surface area contributed by atoms with Gasteiger partial charge in [-0.3, -0.25) is 9.78 Å². The summed E-state index contributed by atoms with van der Waals surface area (Å²) >= 11 is 0. The summed E-state index contributed by atoms with van der Waals surface area (Å²) in [6.07, 6.45) is 2.46. The Bertz CT molecular complexity index is 683. The van der Waals surface area contributed by atoms with Gasteiger partial charge in [-0.05, 0) is 37.2 Å². The van der Waals surface area contributed by atoms with Crippen molar-refractivity contribution >= 4 is 36.4 Å². The number of rotatable bonds is 5. The molecule has 5 nitrogen and oxygen atoms in total. The number of benzene rings is 1. The monoisotopic (exact) mass is 387 g/mol. The Labute approximate surface area is 158 Å². The summed E-state index contributed by atoms with van der Waals surface area (Å²) < 4.78 is 19.5. The molecule has 2 heterocycles. The summed E-state index contributed by atoms with van der Waals surface area (Å²) in [6.45, 7) is 1.70. The number of aromatic nitrogens is 1. The third-order valence-electron chi connectivity index (χ3n) is 3.73. The van der Waals surface area contributed by atoms with E-state index in [0.717, 1.165) is 18.7 Å². The number of carbonyl (C=O) groups excluding carboxylic acids is 1. The molecule has 1 saturated heterocycles. The van der Waals surface area contributed by atoms with Crippen LogP contribution in [0.5, 0.6) is 5.75 Å². The van der Waals surface area contributed by atoms with Crippen molar-refractivity contribution in [1.29, 1.82) is 0 Å². The molecule has 25 heavy (non-hydrogen) atoms. The Morgan fingerprint density at radius 2 is 2.16 bits per heavy atom. The number of amides is 1. The van der Waals surface area contributed by atoms with Gasteiger partial charge in [0.25, 0.3) is 0 Å². The number of anilines is 1. The van der Waals surface area contributed by atoms with E-state index >= 15 is 0 Å². The number of hydrogen-bond acceptors (Lipinski definition) is 4. The minimum Gasteiger partial charge on any atom is -0.484 e. The Balaban J connectivity index is 0.00000156. The van der Waals surface area contributed by atoms with Crippen molar-refractivity contribution in [3.8, 4) is 5.75 Å². The quantitative estimate of drug-likeness (QED) is 0.826. The van der Waals surface area contributed by atoms with E-state index in [4.69, 9.17) is 4.74 Å². The number of pyridine rings is 1. The van der Waals surface area contributed by atoms with Gasteiger partial charge in [0.2, 0.25) is 5.91 Å². The van der Waals surface area contributed by atoms with Crippen LogP contribution in [0.25, 0.3) is 0 Å². The maximum Gasteiger partial charge on any atom is 0.228 e. The van der Waals surface area contributed by atoms with Gasteiger partial charge in [-0.15, -0.1) is 24.8 Å². The van der Waals surface area contributed by atoms with Crippen LogP contribution in [0, 0.1) is 11.7 Å². The second-order valence-electron chi connectivity index (χ2n) is 5.43. The van der Waals surface area contributed by atoms with E-state index in [0.29, 0.717) is 12.2 Å². The van der Waals surface area contributed by atoms with Crippen LogP contribution in [0.3, 0.4) is 0 Å². The maximum absolute atomic E-state index is 14.1. The van der Waals surface area contributed by atoms with Gasteiger partial charge >= 0.3 is 0 Å². The first-order valence-corrected chi connectivity index (χ1v) is 7.56. The lowest BCUT2D eigenvalue weighted by Gasteiger charge is -2.11. The van der Waals surface area contributed by atoms with Crippen molar-refractivity contribution in [2.45, 2.75) is 13.0 Å². The molecular weight excluding hydrogens is 368 g/mol. The van der Waals surface area contributed by atoms with Crippen LogP contribution >= 0.6 is 24.8 Å². The van der Waals surface area contributed by atoms with E-state index in [2.05, 4.69) is 15.6 Å². The average molecular weight is 388 g/mol. The van der Waals surface area contributed by atoms with Gasteiger partial charge in [-0.1, -0.05) is 6.07 Å². The summed E-state index contributed by atoms with van der Waals surface area (Å²) in [5.74, 6) is -0.519. The molecule has 0 radical (unpaired) electrons. The highest BCUT2D eigenvalue weighted by Gasteiger charge is 2.22. The van der Waals surface area contributed by atoms with Crippen molar-refractivity contribution in [2.75, 3.05) is 18.4 Å². The molecule has 136 valence electrons. The van der Waals surface area contributed by atoms with Gasteiger partial charge in [0.05, 0.1) is 11.6 Å². The lowest BCUT2D eigenvalue weighted by molar-refractivity contribution is -0.119. The zero-order chi connectivity index (χ0) is 16.1. The smallest absolute Gasteiger partial charge is 0.228 e. The van der Waals surface area contributed by atoms with Gasteiger partial charge in [0, 0.05) is 24.5 Å². The molecule has 0 bridgehead atoms. The fourth-order valence-corrected chi connectivity index (χ4v) is 2.45. The van der Waals surface area contributed by atoms with E-state index in [1.54, 1.807) is 18.3 Å². The van der Waals surface area contributed by atoms with Crippen LogP contribution in [-0.2, 0) is 11.4 Å². The highest BCUT2D eigenvalue weighted by Crippen LogP contribution is 2.23. The fraction of sp³-hybridized carbons (Fsp3) is 0.294. The molecule has 1 atom stereocenters. The lowest BCUT2D eigenvalue weighted by Crippen LogP contribution is -2.24. The Hall–Kier alpha value is -1.89. The molecule has 1 aliphatic heterocycles. The second kappa shape index (κ2) is 10.2. The van der Waals surface area contributed by atoms with Gasteiger partial charge in [-0.2, -0.15) is 0 Å². The van der Waals surface area contributed by atoms with Crippen LogP contribution in [-0.4, -0.2) is 24.0 Å². The van der Waals surface area contributed by atoms with Crippen LogP contribution in [0.2, 0.25) is 0 Å². The highest BCUT2D eigenvalue weighted by molar-refractivity contribution is 5.93. The van der Waals surface area contributed by atoms with Crippen molar-refractivity contribution in [3.05, 3.63) is 54.1 Å². The summed E-state index contributed by atoms with van der Waals surface area (Å²) in [5.41, 5.74) is 1.16. The van der Waals surface area contributed by atoms with Gasteiger partial charge < -0.3 is 15.4 Å². The van der Waals surface area contributed by atoms with Gasteiger partial charge in [-0.25, -0.2) is 4.39 Å². The molecule has 1 aliphatic rings. The van der Waals surface area contributed by atoms with Gasteiger partial charge in [0.1, 0.15) is 6.61 Å². The maximum atomic E-state index is 14.1. The first-order chi connectivity index (χ1) is 11.2. The normalized spacial score (nSPS) is 15.6. The van der Waals surface area contributed by atoms with E-state index in [9.17, 15) is 9.18 Å². The van der Waals surface area contributed by atoms with E-state index in [1.807, 2.05) is 12.1 Å². The second-order valence-corrected chi connectivity index (χ2v) is 5.43.